The van der Waals surface area contributed by atoms with Crippen LogP contribution in [-0.2, 0) is 18.4 Å². The van der Waals surface area contributed by atoms with E-state index in [2.05, 4.69) is 26.1 Å². The van der Waals surface area contributed by atoms with Gasteiger partial charge in [0.2, 0.25) is 5.91 Å². The summed E-state index contributed by atoms with van der Waals surface area (Å²) in [5, 5.41) is 7.95. The molecule has 1 amide bonds. The molecule has 2 aromatic heterocycles. The van der Waals surface area contributed by atoms with Crippen molar-refractivity contribution in [3.8, 4) is 11.4 Å². The average Bonchev–Trinajstić information content (AvgIpc) is 3.25. The molecule has 1 aliphatic rings. The fourth-order valence-electron chi connectivity index (χ4n) is 4.50. The zero-order chi connectivity index (χ0) is 20.3. The fraction of sp³-hybridized carbons (Fsp3) is 0.636. The Kier molecular flexibility index (Phi) is 6.60. The van der Waals surface area contributed by atoms with E-state index >= 15 is 0 Å². The third kappa shape index (κ3) is 4.49. The maximum atomic E-state index is 13.2. The molecule has 3 rings (SSSR count). The van der Waals surface area contributed by atoms with Crippen molar-refractivity contribution in [1.82, 2.24) is 14.3 Å². The summed E-state index contributed by atoms with van der Waals surface area (Å²) in [5.74, 6) is 2.55. The van der Waals surface area contributed by atoms with Crippen LogP contribution in [0.2, 0.25) is 0 Å². The lowest BCUT2D eigenvalue weighted by atomic mass is 9.70. The van der Waals surface area contributed by atoms with Crippen LogP contribution in [0.15, 0.2) is 24.4 Å². The van der Waals surface area contributed by atoms with Gasteiger partial charge in [-0.05, 0) is 55.7 Å². The summed E-state index contributed by atoms with van der Waals surface area (Å²) in [6, 6.07) is 6.03. The Hall–Kier alpha value is -2.08. The first-order chi connectivity index (χ1) is 13.4. The number of carbonyl (C=O) groups is 1. The van der Waals surface area contributed by atoms with Gasteiger partial charge in [-0.1, -0.05) is 27.2 Å². The fourth-order valence-corrected chi connectivity index (χ4v) is 4.50. The molecular formula is C22H35N5O. The molecule has 6 nitrogen and oxygen atoms in total. The van der Waals surface area contributed by atoms with Crippen LogP contribution in [0.4, 0.5) is 5.82 Å². The second-order valence-corrected chi connectivity index (χ2v) is 8.71. The molecule has 0 saturated heterocycles. The molecule has 0 aliphatic heterocycles. The molecule has 1 saturated carbocycles. The second kappa shape index (κ2) is 8.95. The van der Waals surface area contributed by atoms with Crippen LogP contribution in [0, 0.1) is 23.7 Å². The molecule has 0 bridgehead atoms. The van der Waals surface area contributed by atoms with E-state index < -0.39 is 0 Å². The van der Waals surface area contributed by atoms with Gasteiger partial charge in [-0.25, -0.2) is 4.68 Å². The van der Waals surface area contributed by atoms with Gasteiger partial charge >= 0.3 is 0 Å². The molecule has 0 radical (unpaired) electrons. The van der Waals surface area contributed by atoms with Crippen molar-refractivity contribution < 1.29 is 4.79 Å². The van der Waals surface area contributed by atoms with Gasteiger partial charge in [-0.15, -0.1) is 0 Å². The summed E-state index contributed by atoms with van der Waals surface area (Å²) in [4.78, 5) is 13.2. The lowest BCUT2D eigenvalue weighted by Crippen LogP contribution is -2.37. The maximum absolute atomic E-state index is 13.2. The number of nitrogens with one attached hydrogen (secondary N) is 1. The molecule has 3 unspecified atom stereocenters. The number of hydrogen-bond acceptors (Lipinski definition) is 3. The van der Waals surface area contributed by atoms with E-state index in [4.69, 9.17) is 10.8 Å². The number of hydrogen-bond donors (Lipinski definition) is 2. The van der Waals surface area contributed by atoms with Gasteiger partial charge in [0, 0.05) is 31.8 Å². The van der Waals surface area contributed by atoms with Crippen LogP contribution in [0.3, 0.4) is 0 Å². The van der Waals surface area contributed by atoms with Crippen molar-refractivity contribution in [2.24, 2.45) is 36.5 Å². The number of nitrogens with two attached hydrogens (primary N) is 1. The van der Waals surface area contributed by atoms with Crippen molar-refractivity contribution in [2.45, 2.75) is 53.0 Å². The zero-order valence-electron chi connectivity index (χ0n) is 17.7. The summed E-state index contributed by atoms with van der Waals surface area (Å²) >= 11 is 0. The van der Waals surface area contributed by atoms with Crippen LogP contribution >= 0.6 is 0 Å². The Labute approximate surface area is 168 Å². The molecule has 6 heteroatoms. The van der Waals surface area contributed by atoms with Gasteiger partial charge in [0.05, 0.1) is 5.69 Å². The standard InChI is InChI=1S/C22H35N5O/c1-15(2)17-9-8-16(3)13-18(17)22(28)24-21-14-19(20-7-5-11-26(20)4)25-27(21)12-6-10-23/h5,7,11,14-18H,6,8-10,12-13,23H2,1-4H3,(H,24,28). The number of carbonyl (C=O) groups excluding carboxylic acids is 1. The van der Waals surface area contributed by atoms with E-state index in [0.717, 1.165) is 36.5 Å². The molecule has 154 valence electrons. The SMILES string of the molecule is CC1CCC(C(C)C)C(C(=O)Nc2cc(-c3cccn3C)nn2CCCN)C1. The predicted molar refractivity (Wildman–Crippen MR) is 114 cm³/mol. The Balaban J connectivity index is 1.84. The summed E-state index contributed by atoms with van der Waals surface area (Å²) in [5.41, 5.74) is 7.61. The first-order valence-electron chi connectivity index (χ1n) is 10.6. The van der Waals surface area contributed by atoms with Gasteiger partial charge in [0.15, 0.2) is 0 Å². The van der Waals surface area contributed by atoms with Gasteiger partial charge in [0.25, 0.3) is 0 Å². The van der Waals surface area contributed by atoms with Crippen molar-refractivity contribution in [2.75, 3.05) is 11.9 Å². The number of aryl methyl sites for hydroxylation is 2. The molecule has 2 heterocycles. The van der Waals surface area contributed by atoms with Crippen LogP contribution in [-0.4, -0.2) is 26.8 Å². The highest BCUT2D eigenvalue weighted by Gasteiger charge is 2.35. The smallest absolute Gasteiger partial charge is 0.228 e. The number of amides is 1. The van der Waals surface area contributed by atoms with Crippen molar-refractivity contribution in [3.63, 3.8) is 0 Å². The van der Waals surface area contributed by atoms with Crippen molar-refractivity contribution >= 4 is 11.7 Å². The van der Waals surface area contributed by atoms with Gasteiger partial charge in [-0.3, -0.25) is 4.79 Å². The molecule has 3 N–H and O–H groups in total. The monoisotopic (exact) mass is 385 g/mol. The molecule has 0 spiro atoms. The zero-order valence-corrected chi connectivity index (χ0v) is 17.7. The van der Waals surface area contributed by atoms with Gasteiger partial charge in [-0.2, -0.15) is 5.10 Å². The van der Waals surface area contributed by atoms with Crippen LogP contribution in [0.5, 0.6) is 0 Å². The van der Waals surface area contributed by atoms with E-state index in [1.807, 2.05) is 40.7 Å². The van der Waals surface area contributed by atoms with E-state index in [1.54, 1.807) is 0 Å². The third-order valence-electron chi connectivity index (χ3n) is 6.17. The van der Waals surface area contributed by atoms with E-state index in [0.29, 0.717) is 30.8 Å². The lowest BCUT2D eigenvalue weighted by molar-refractivity contribution is -0.124. The third-order valence-corrected chi connectivity index (χ3v) is 6.17. The molecular weight excluding hydrogens is 350 g/mol. The Morgan fingerprint density at radius 3 is 2.82 bits per heavy atom. The van der Waals surface area contributed by atoms with Crippen LogP contribution in [0.1, 0.15) is 46.5 Å². The summed E-state index contributed by atoms with van der Waals surface area (Å²) in [7, 11) is 2.00. The second-order valence-electron chi connectivity index (χ2n) is 8.71. The number of nitrogens with zero attached hydrogens (tertiary/aromatic N) is 3. The molecule has 1 fully saturated rings. The quantitative estimate of drug-likeness (QED) is 0.759. The summed E-state index contributed by atoms with van der Waals surface area (Å²) < 4.78 is 3.93. The van der Waals surface area contributed by atoms with Gasteiger partial charge < -0.3 is 15.6 Å². The summed E-state index contributed by atoms with van der Waals surface area (Å²) in [6.45, 7) is 8.03. The topological polar surface area (TPSA) is 77.9 Å². The average molecular weight is 386 g/mol. The predicted octanol–water partition coefficient (Wildman–Crippen LogP) is 3.88. The highest BCUT2D eigenvalue weighted by atomic mass is 16.2. The number of anilines is 1. The van der Waals surface area contributed by atoms with Crippen molar-refractivity contribution in [3.05, 3.63) is 24.4 Å². The summed E-state index contributed by atoms with van der Waals surface area (Å²) in [6.07, 6.45) is 6.16. The first-order valence-corrected chi connectivity index (χ1v) is 10.6. The molecule has 0 aromatic carbocycles. The van der Waals surface area contributed by atoms with E-state index in [1.165, 1.54) is 6.42 Å². The minimum absolute atomic E-state index is 0.0695. The number of aromatic nitrogens is 3. The lowest BCUT2D eigenvalue weighted by Gasteiger charge is -2.36. The van der Waals surface area contributed by atoms with E-state index in [-0.39, 0.29) is 11.8 Å². The number of rotatable bonds is 7. The van der Waals surface area contributed by atoms with Crippen molar-refractivity contribution in [1.29, 1.82) is 0 Å². The van der Waals surface area contributed by atoms with Gasteiger partial charge in [0.1, 0.15) is 11.5 Å². The molecule has 28 heavy (non-hydrogen) atoms. The Morgan fingerprint density at radius 1 is 1.39 bits per heavy atom. The Bertz CT molecular complexity index is 791. The minimum Gasteiger partial charge on any atom is -0.349 e. The van der Waals surface area contributed by atoms with Crippen LogP contribution < -0.4 is 11.1 Å². The first kappa shape index (κ1) is 20.6. The minimum atomic E-state index is 0.0695. The highest BCUT2D eigenvalue weighted by Crippen LogP contribution is 2.38. The van der Waals surface area contributed by atoms with Crippen LogP contribution in [0.25, 0.3) is 11.4 Å². The highest BCUT2D eigenvalue weighted by molar-refractivity contribution is 5.92. The maximum Gasteiger partial charge on any atom is 0.228 e. The Morgan fingerprint density at radius 2 is 2.18 bits per heavy atom. The largest absolute Gasteiger partial charge is 0.349 e. The normalized spacial score (nSPS) is 22.6. The molecule has 1 aliphatic carbocycles. The van der Waals surface area contributed by atoms with E-state index in [9.17, 15) is 4.79 Å². The molecule has 3 atom stereocenters. The molecule has 2 aromatic rings.